The molecule has 0 bridgehead atoms. The first-order valence-electron chi connectivity index (χ1n) is 7.08. The molecule has 124 valence electrons. The van der Waals surface area contributed by atoms with Gasteiger partial charge in [0.2, 0.25) is 10.0 Å². The van der Waals surface area contributed by atoms with Crippen molar-refractivity contribution >= 4 is 33.6 Å². The highest BCUT2D eigenvalue weighted by Crippen LogP contribution is 2.24. The van der Waals surface area contributed by atoms with E-state index < -0.39 is 28.1 Å². The first-order valence-corrected chi connectivity index (χ1v) is 9.06. The molecule has 0 saturated carbocycles. The maximum absolute atomic E-state index is 12.5. The first-order chi connectivity index (χ1) is 10.9. The number of halogens is 1. The van der Waals surface area contributed by atoms with E-state index >= 15 is 0 Å². The fourth-order valence-corrected chi connectivity index (χ4v) is 4.60. The second kappa shape index (κ2) is 6.10. The highest BCUT2D eigenvalue weighted by molar-refractivity contribution is 7.88. The highest BCUT2D eigenvalue weighted by Gasteiger charge is 2.42. The van der Waals surface area contributed by atoms with Crippen molar-refractivity contribution in [3.8, 4) is 0 Å². The molecular formula is C14H15ClN2O5S. The molecule has 2 aliphatic rings. The number of rotatable bonds is 4. The number of sulfonamides is 1. The molecule has 2 aliphatic heterocycles. The van der Waals surface area contributed by atoms with Gasteiger partial charge in [-0.15, -0.1) is 0 Å². The predicted molar refractivity (Wildman–Crippen MR) is 82.2 cm³/mol. The fourth-order valence-electron chi connectivity index (χ4n) is 2.82. The van der Waals surface area contributed by atoms with Gasteiger partial charge in [0.15, 0.2) is 6.61 Å². The Kier molecular flexibility index (Phi) is 4.31. The minimum atomic E-state index is -3.54. The predicted octanol–water partition coefficient (Wildman–Crippen LogP) is 1.22. The topological polar surface area (TPSA) is 84.0 Å². The lowest BCUT2D eigenvalue weighted by Crippen LogP contribution is -2.42. The molecule has 0 radical (unpaired) electrons. The number of carbonyl (C=O) groups excluding carboxylic acids is 2. The summed E-state index contributed by atoms with van der Waals surface area (Å²) in [6.07, 6.45) is -0.288. The Labute approximate surface area is 138 Å². The van der Waals surface area contributed by atoms with Gasteiger partial charge in [0.05, 0.1) is 11.8 Å². The molecule has 1 unspecified atom stereocenters. The van der Waals surface area contributed by atoms with E-state index in [1.165, 1.54) is 4.31 Å². The Morgan fingerprint density at radius 1 is 1.30 bits per heavy atom. The molecule has 0 N–H and O–H groups in total. The third-order valence-electron chi connectivity index (χ3n) is 3.91. The normalized spacial score (nSPS) is 22.7. The van der Waals surface area contributed by atoms with Crippen molar-refractivity contribution in [2.45, 2.75) is 18.2 Å². The quantitative estimate of drug-likeness (QED) is 0.808. The zero-order valence-electron chi connectivity index (χ0n) is 12.1. The van der Waals surface area contributed by atoms with Gasteiger partial charge >= 0.3 is 6.09 Å². The standard InChI is InChI=1S/C14H15ClN2O5S/c15-11-3-1-2-10(6-11)9-23(20,21)16-5-4-12(7-16)17-13(18)8-22-14(17)19/h1-3,6,12H,4-5,7-9H2. The number of nitrogens with zero attached hydrogens (tertiary/aromatic N) is 2. The zero-order valence-corrected chi connectivity index (χ0v) is 13.7. The number of ether oxygens (including phenoxy) is 1. The molecular weight excluding hydrogens is 344 g/mol. The molecule has 7 nitrogen and oxygen atoms in total. The van der Waals surface area contributed by atoms with Crippen molar-refractivity contribution in [2.75, 3.05) is 19.7 Å². The van der Waals surface area contributed by atoms with Crippen molar-refractivity contribution in [3.63, 3.8) is 0 Å². The third kappa shape index (κ3) is 3.34. The van der Waals surface area contributed by atoms with E-state index in [2.05, 4.69) is 4.74 Å². The van der Waals surface area contributed by atoms with Gasteiger partial charge < -0.3 is 4.74 Å². The van der Waals surface area contributed by atoms with Crippen LogP contribution in [0.4, 0.5) is 4.79 Å². The summed E-state index contributed by atoms with van der Waals surface area (Å²) in [6.45, 7) is 0.0962. The van der Waals surface area contributed by atoms with Crippen LogP contribution < -0.4 is 0 Å². The maximum atomic E-state index is 12.5. The van der Waals surface area contributed by atoms with Crippen LogP contribution in [0.2, 0.25) is 5.02 Å². The van der Waals surface area contributed by atoms with E-state index in [1.54, 1.807) is 24.3 Å². The average molecular weight is 359 g/mol. The summed E-state index contributed by atoms with van der Waals surface area (Å²) in [6, 6.07) is 6.20. The molecule has 3 rings (SSSR count). The van der Waals surface area contributed by atoms with Crippen LogP contribution in [0.25, 0.3) is 0 Å². The van der Waals surface area contributed by atoms with E-state index in [0.717, 1.165) is 4.90 Å². The second-order valence-electron chi connectivity index (χ2n) is 5.50. The number of hydrogen-bond acceptors (Lipinski definition) is 5. The van der Waals surface area contributed by atoms with Crippen LogP contribution in [-0.2, 0) is 25.3 Å². The molecule has 0 aromatic heterocycles. The van der Waals surface area contributed by atoms with Crippen LogP contribution in [0, 0.1) is 0 Å². The number of benzene rings is 1. The van der Waals surface area contributed by atoms with Gasteiger partial charge in [0, 0.05) is 18.1 Å². The van der Waals surface area contributed by atoms with E-state index in [1.807, 2.05) is 0 Å². The summed E-state index contributed by atoms with van der Waals surface area (Å²) < 4.78 is 31.0. The summed E-state index contributed by atoms with van der Waals surface area (Å²) in [5, 5.41) is 0.474. The number of carbonyl (C=O) groups is 2. The summed E-state index contributed by atoms with van der Waals surface area (Å²) in [7, 11) is -3.54. The molecule has 2 saturated heterocycles. The highest BCUT2D eigenvalue weighted by atomic mass is 35.5. The van der Waals surface area contributed by atoms with Crippen LogP contribution in [0.1, 0.15) is 12.0 Å². The number of imide groups is 1. The number of hydrogen-bond donors (Lipinski definition) is 0. The maximum Gasteiger partial charge on any atom is 0.417 e. The summed E-state index contributed by atoms with van der Waals surface area (Å²) in [5.74, 6) is -0.590. The van der Waals surface area contributed by atoms with Crippen LogP contribution in [-0.4, -0.2) is 55.4 Å². The molecule has 0 aliphatic carbocycles. The van der Waals surface area contributed by atoms with Gasteiger partial charge in [-0.1, -0.05) is 23.7 Å². The van der Waals surface area contributed by atoms with E-state index in [4.69, 9.17) is 11.6 Å². The first kappa shape index (κ1) is 16.2. The van der Waals surface area contributed by atoms with Crippen LogP contribution in [0.3, 0.4) is 0 Å². The number of cyclic esters (lactones) is 1. The largest absolute Gasteiger partial charge is 0.439 e. The minimum absolute atomic E-state index is 0.101. The Morgan fingerprint density at radius 3 is 2.74 bits per heavy atom. The molecule has 9 heteroatoms. The Morgan fingerprint density at radius 2 is 2.09 bits per heavy atom. The lowest BCUT2D eigenvalue weighted by atomic mass is 10.2. The van der Waals surface area contributed by atoms with Crippen LogP contribution in [0.15, 0.2) is 24.3 Å². The fraction of sp³-hybridized carbons (Fsp3) is 0.429. The van der Waals surface area contributed by atoms with Gasteiger partial charge in [-0.3, -0.25) is 4.79 Å². The van der Waals surface area contributed by atoms with Gasteiger partial charge in [0.25, 0.3) is 5.91 Å². The van der Waals surface area contributed by atoms with Gasteiger partial charge in [-0.25, -0.2) is 18.1 Å². The molecule has 2 heterocycles. The van der Waals surface area contributed by atoms with Crippen molar-refractivity contribution in [2.24, 2.45) is 0 Å². The van der Waals surface area contributed by atoms with Gasteiger partial charge in [-0.05, 0) is 24.1 Å². The molecule has 2 fully saturated rings. The lowest BCUT2D eigenvalue weighted by molar-refractivity contribution is -0.127. The Hall–Kier alpha value is -1.64. The monoisotopic (exact) mass is 358 g/mol. The van der Waals surface area contributed by atoms with E-state index in [9.17, 15) is 18.0 Å². The third-order valence-corrected chi connectivity index (χ3v) is 5.96. The average Bonchev–Trinajstić information content (AvgIpc) is 3.06. The van der Waals surface area contributed by atoms with Crippen molar-refractivity contribution in [3.05, 3.63) is 34.9 Å². The van der Waals surface area contributed by atoms with E-state index in [-0.39, 0.29) is 25.4 Å². The Balaban J connectivity index is 1.70. The summed E-state index contributed by atoms with van der Waals surface area (Å²) in [5.41, 5.74) is 0.595. The van der Waals surface area contributed by atoms with Crippen molar-refractivity contribution in [1.82, 2.24) is 9.21 Å². The molecule has 23 heavy (non-hydrogen) atoms. The van der Waals surface area contributed by atoms with Crippen molar-refractivity contribution in [1.29, 1.82) is 0 Å². The zero-order chi connectivity index (χ0) is 16.6. The van der Waals surface area contributed by atoms with Crippen LogP contribution >= 0.6 is 11.6 Å². The summed E-state index contributed by atoms with van der Waals surface area (Å²) >= 11 is 5.87. The number of amides is 2. The minimum Gasteiger partial charge on any atom is -0.439 e. The van der Waals surface area contributed by atoms with Crippen LogP contribution in [0.5, 0.6) is 0 Å². The molecule has 1 aromatic carbocycles. The smallest absolute Gasteiger partial charge is 0.417 e. The molecule has 0 spiro atoms. The Bertz CT molecular complexity index is 735. The van der Waals surface area contributed by atoms with Gasteiger partial charge in [0.1, 0.15) is 0 Å². The lowest BCUT2D eigenvalue weighted by Gasteiger charge is -2.20. The molecule has 2 amide bonds. The SMILES string of the molecule is O=C1COC(=O)N1C1CCN(S(=O)(=O)Cc2cccc(Cl)c2)C1. The van der Waals surface area contributed by atoms with Crippen molar-refractivity contribution < 1.29 is 22.7 Å². The van der Waals surface area contributed by atoms with Gasteiger partial charge in [-0.2, -0.15) is 4.31 Å². The molecule has 1 aromatic rings. The summed E-state index contributed by atoms with van der Waals surface area (Å²) in [4.78, 5) is 24.2. The van der Waals surface area contributed by atoms with E-state index in [0.29, 0.717) is 17.0 Å². The second-order valence-corrected chi connectivity index (χ2v) is 7.91. The molecule has 1 atom stereocenters.